The molecule has 0 radical (unpaired) electrons. The van der Waals surface area contributed by atoms with Crippen molar-refractivity contribution in [3.8, 4) is 11.5 Å². The van der Waals surface area contributed by atoms with Crippen LogP contribution in [0.3, 0.4) is 0 Å². The van der Waals surface area contributed by atoms with Gasteiger partial charge in [-0.2, -0.15) is 0 Å². The molecule has 2 heteroatoms. The van der Waals surface area contributed by atoms with Crippen LogP contribution in [0.4, 0.5) is 0 Å². The molecule has 0 unspecified atom stereocenters. The summed E-state index contributed by atoms with van der Waals surface area (Å²) in [4.78, 5) is 0. The third-order valence-corrected chi connectivity index (χ3v) is 3.53. The Bertz CT molecular complexity index is 573. The van der Waals surface area contributed by atoms with Gasteiger partial charge in [0.05, 0.1) is 0 Å². The lowest BCUT2D eigenvalue weighted by Crippen LogP contribution is -1.92. The molecule has 0 aliphatic heterocycles. The molecular formula is C17H22O2. The fourth-order valence-corrected chi connectivity index (χ4v) is 2.53. The number of aromatic hydroxyl groups is 2. The molecule has 0 heterocycles. The third-order valence-electron chi connectivity index (χ3n) is 3.53. The molecule has 2 aromatic carbocycles. The first-order valence-corrected chi connectivity index (χ1v) is 7.13. The molecule has 102 valence electrons. The van der Waals surface area contributed by atoms with Crippen molar-refractivity contribution in [3.05, 3.63) is 35.4 Å². The van der Waals surface area contributed by atoms with E-state index in [0.29, 0.717) is 0 Å². The number of fused-ring (bicyclic) bond motifs is 1. The fraction of sp³-hybridized carbons (Fsp3) is 0.412. The van der Waals surface area contributed by atoms with Gasteiger partial charge in [0.15, 0.2) is 11.5 Å². The lowest BCUT2D eigenvalue weighted by atomic mass is 9.95. The number of hydrogen-bond donors (Lipinski definition) is 2. The number of phenolic OH excluding ortho intramolecular Hbond substituents is 2. The quantitative estimate of drug-likeness (QED) is 0.773. The number of hydrogen-bond acceptors (Lipinski definition) is 2. The van der Waals surface area contributed by atoms with Gasteiger partial charge in [-0.1, -0.05) is 38.8 Å². The van der Waals surface area contributed by atoms with Gasteiger partial charge in [0.2, 0.25) is 0 Å². The van der Waals surface area contributed by atoms with Crippen LogP contribution in [0.5, 0.6) is 11.5 Å². The number of benzene rings is 2. The number of rotatable bonds is 5. The zero-order valence-electron chi connectivity index (χ0n) is 11.7. The van der Waals surface area contributed by atoms with Crippen molar-refractivity contribution in [2.75, 3.05) is 0 Å². The summed E-state index contributed by atoms with van der Waals surface area (Å²) in [5, 5.41) is 21.4. The summed E-state index contributed by atoms with van der Waals surface area (Å²) in [6.07, 6.45) is 5.52. The van der Waals surface area contributed by atoms with E-state index < -0.39 is 0 Å². The monoisotopic (exact) mass is 258 g/mol. The van der Waals surface area contributed by atoms with Gasteiger partial charge in [-0.05, 0) is 53.3 Å². The molecule has 0 spiro atoms. The standard InChI is InChI=1S/C17H22O2/c1-3-5-7-12-8-13(6-4-2)15-11-17(19)16(18)10-14(15)9-12/h8-11,18-19H,3-7H2,1-2H3. The maximum Gasteiger partial charge on any atom is 0.158 e. The Kier molecular flexibility index (Phi) is 4.31. The van der Waals surface area contributed by atoms with E-state index >= 15 is 0 Å². The van der Waals surface area contributed by atoms with Gasteiger partial charge in [0.1, 0.15) is 0 Å². The second kappa shape index (κ2) is 5.96. The third kappa shape index (κ3) is 3.01. The van der Waals surface area contributed by atoms with E-state index in [4.69, 9.17) is 0 Å². The molecular weight excluding hydrogens is 236 g/mol. The van der Waals surface area contributed by atoms with E-state index in [0.717, 1.165) is 30.0 Å². The lowest BCUT2D eigenvalue weighted by molar-refractivity contribution is 0.405. The van der Waals surface area contributed by atoms with E-state index in [-0.39, 0.29) is 11.5 Å². The highest BCUT2D eigenvalue weighted by atomic mass is 16.3. The average Bonchev–Trinajstić information content (AvgIpc) is 2.39. The Morgan fingerprint density at radius 1 is 0.842 bits per heavy atom. The summed E-state index contributed by atoms with van der Waals surface area (Å²) in [5.41, 5.74) is 2.59. The largest absolute Gasteiger partial charge is 0.504 e. The molecule has 0 saturated heterocycles. The molecule has 0 aliphatic rings. The summed E-state index contributed by atoms with van der Waals surface area (Å²) in [7, 11) is 0. The van der Waals surface area contributed by atoms with E-state index in [2.05, 4.69) is 26.0 Å². The van der Waals surface area contributed by atoms with Crippen molar-refractivity contribution in [1.82, 2.24) is 0 Å². The maximum atomic E-state index is 9.67. The molecule has 0 amide bonds. The summed E-state index contributed by atoms with van der Waals surface area (Å²) in [6.45, 7) is 4.35. The number of phenols is 2. The summed E-state index contributed by atoms with van der Waals surface area (Å²) < 4.78 is 0. The highest BCUT2D eigenvalue weighted by Crippen LogP contribution is 2.33. The zero-order chi connectivity index (χ0) is 13.8. The Balaban J connectivity index is 2.54. The van der Waals surface area contributed by atoms with Crippen molar-refractivity contribution in [1.29, 1.82) is 0 Å². The van der Waals surface area contributed by atoms with Crippen molar-refractivity contribution in [3.63, 3.8) is 0 Å². The predicted molar refractivity (Wildman–Crippen MR) is 79.9 cm³/mol. The summed E-state index contributed by atoms with van der Waals surface area (Å²) >= 11 is 0. The SMILES string of the molecule is CCCCc1cc(CCC)c2cc(O)c(O)cc2c1. The first-order valence-electron chi connectivity index (χ1n) is 7.13. The van der Waals surface area contributed by atoms with Gasteiger partial charge in [-0.25, -0.2) is 0 Å². The van der Waals surface area contributed by atoms with E-state index in [9.17, 15) is 10.2 Å². The molecule has 0 bridgehead atoms. The topological polar surface area (TPSA) is 40.5 Å². The molecule has 2 nitrogen and oxygen atoms in total. The smallest absolute Gasteiger partial charge is 0.158 e. The van der Waals surface area contributed by atoms with Crippen LogP contribution in [0.15, 0.2) is 24.3 Å². The zero-order valence-corrected chi connectivity index (χ0v) is 11.7. The summed E-state index contributed by atoms with van der Waals surface area (Å²) in [6, 6.07) is 7.72. The molecule has 2 rings (SSSR count). The first-order chi connectivity index (χ1) is 9.15. The second-order valence-corrected chi connectivity index (χ2v) is 5.17. The minimum Gasteiger partial charge on any atom is -0.504 e. The van der Waals surface area contributed by atoms with Gasteiger partial charge in [-0.3, -0.25) is 0 Å². The van der Waals surface area contributed by atoms with Crippen LogP contribution in [0.25, 0.3) is 10.8 Å². The lowest BCUT2D eigenvalue weighted by Gasteiger charge is -2.11. The molecule has 2 N–H and O–H groups in total. The van der Waals surface area contributed by atoms with E-state index in [1.54, 1.807) is 12.1 Å². The Hall–Kier alpha value is -1.70. The van der Waals surface area contributed by atoms with Gasteiger partial charge >= 0.3 is 0 Å². The van der Waals surface area contributed by atoms with Crippen molar-refractivity contribution >= 4 is 10.8 Å². The Morgan fingerprint density at radius 3 is 2.26 bits per heavy atom. The van der Waals surface area contributed by atoms with Crippen LogP contribution >= 0.6 is 0 Å². The van der Waals surface area contributed by atoms with Crippen LogP contribution in [0.1, 0.15) is 44.2 Å². The van der Waals surface area contributed by atoms with Gasteiger partial charge in [0.25, 0.3) is 0 Å². The molecule has 0 fully saturated rings. The molecule has 0 aromatic heterocycles. The van der Waals surface area contributed by atoms with Crippen LogP contribution in [0, 0.1) is 0 Å². The molecule has 0 aliphatic carbocycles. The first kappa shape index (κ1) is 13.7. The van der Waals surface area contributed by atoms with Gasteiger partial charge < -0.3 is 10.2 Å². The highest BCUT2D eigenvalue weighted by molar-refractivity contribution is 5.89. The minimum atomic E-state index is -0.0393. The van der Waals surface area contributed by atoms with Gasteiger partial charge in [-0.15, -0.1) is 0 Å². The number of aryl methyl sites for hydroxylation is 2. The average molecular weight is 258 g/mol. The summed E-state index contributed by atoms with van der Waals surface area (Å²) in [5.74, 6) is -0.0752. The van der Waals surface area contributed by atoms with Crippen LogP contribution in [-0.2, 0) is 12.8 Å². The number of unbranched alkanes of at least 4 members (excludes halogenated alkanes) is 1. The van der Waals surface area contributed by atoms with Crippen molar-refractivity contribution in [2.45, 2.75) is 46.0 Å². The Morgan fingerprint density at radius 2 is 1.58 bits per heavy atom. The van der Waals surface area contributed by atoms with Crippen LogP contribution < -0.4 is 0 Å². The fourth-order valence-electron chi connectivity index (χ4n) is 2.53. The molecule has 0 atom stereocenters. The van der Waals surface area contributed by atoms with E-state index in [1.807, 2.05) is 0 Å². The molecule has 2 aromatic rings. The Labute approximate surface area is 114 Å². The normalized spacial score (nSPS) is 11.1. The minimum absolute atomic E-state index is 0.0360. The highest BCUT2D eigenvalue weighted by Gasteiger charge is 2.08. The predicted octanol–water partition coefficient (Wildman–Crippen LogP) is 4.55. The van der Waals surface area contributed by atoms with Crippen molar-refractivity contribution in [2.24, 2.45) is 0 Å². The van der Waals surface area contributed by atoms with Crippen molar-refractivity contribution < 1.29 is 10.2 Å². The van der Waals surface area contributed by atoms with Crippen LogP contribution in [-0.4, -0.2) is 10.2 Å². The maximum absolute atomic E-state index is 9.67. The molecule has 0 saturated carbocycles. The van der Waals surface area contributed by atoms with E-state index in [1.165, 1.54) is 24.0 Å². The van der Waals surface area contributed by atoms with Crippen LogP contribution in [0.2, 0.25) is 0 Å². The molecule has 19 heavy (non-hydrogen) atoms. The second-order valence-electron chi connectivity index (χ2n) is 5.17. The van der Waals surface area contributed by atoms with Gasteiger partial charge in [0, 0.05) is 0 Å².